The summed E-state index contributed by atoms with van der Waals surface area (Å²) < 4.78 is 89.4. The molecule has 0 radical (unpaired) electrons. The van der Waals surface area contributed by atoms with Crippen LogP contribution in [-0.4, -0.2) is 6.61 Å². The average Bonchev–Trinajstić information content (AvgIpc) is 2.77. The zero-order valence-electron chi connectivity index (χ0n) is 18.4. The van der Waals surface area contributed by atoms with Gasteiger partial charge in [0.15, 0.2) is 17.4 Å². The van der Waals surface area contributed by atoms with E-state index in [9.17, 15) is 26.3 Å². The molecule has 0 unspecified atom stereocenters. The van der Waals surface area contributed by atoms with Gasteiger partial charge >= 0.3 is 12.7 Å². The third-order valence-corrected chi connectivity index (χ3v) is 6.21. The Labute approximate surface area is 189 Å². The number of halogens is 6. The molecule has 0 amide bonds. The van der Waals surface area contributed by atoms with E-state index in [0.29, 0.717) is 18.1 Å². The third-order valence-electron chi connectivity index (χ3n) is 6.21. The molecule has 1 fully saturated rings. The quantitative estimate of drug-likeness (QED) is 0.254. The Morgan fingerprint density at radius 3 is 2.09 bits per heavy atom. The number of hydrogen-bond donors (Lipinski definition) is 0. The molecule has 0 spiro atoms. The summed E-state index contributed by atoms with van der Waals surface area (Å²) in [6.45, 7) is -1.27. The Morgan fingerprint density at radius 2 is 1.55 bits per heavy atom. The molecule has 0 N–H and O–H groups in total. The first-order chi connectivity index (χ1) is 15.7. The van der Waals surface area contributed by atoms with E-state index in [4.69, 9.17) is 0 Å². The minimum absolute atomic E-state index is 0.321. The lowest BCUT2D eigenvalue weighted by atomic mass is 9.77. The molecule has 0 aromatic heterocycles. The van der Waals surface area contributed by atoms with Crippen LogP contribution < -0.4 is 9.47 Å². The summed E-state index contributed by atoms with van der Waals surface area (Å²) in [7, 11) is 0. The Kier molecular flexibility index (Phi) is 8.54. The van der Waals surface area contributed by atoms with E-state index in [1.54, 1.807) is 12.1 Å². The van der Waals surface area contributed by atoms with Crippen LogP contribution in [0, 0.1) is 17.6 Å². The van der Waals surface area contributed by atoms with Crippen LogP contribution >= 0.6 is 0 Å². The lowest BCUT2D eigenvalue weighted by Gasteiger charge is -2.29. The number of rotatable bonds is 10. The number of benzene rings is 2. The van der Waals surface area contributed by atoms with Gasteiger partial charge in [0.2, 0.25) is 0 Å². The molecule has 1 saturated carbocycles. The van der Waals surface area contributed by atoms with Gasteiger partial charge in [-0.05, 0) is 55.2 Å². The van der Waals surface area contributed by atoms with Gasteiger partial charge in [0.05, 0.1) is 5.56 Å². The lowest BCUT2D eigenvalue weighted by Crippen LogP contribution is -2.22. The predicted molar refractivity (Wildman–Crippen MR) is 113 cm³/mol. The minimum Gasteiger partial charge on any atom is -0.429 e. The van der Waals surface area contributed by atoms with Crippen LogP contribution in [0.5, 0.6) is 11.5 Å². The highest BCUT2D eigenvalue weighted by Gasteiger charge is 2.35. The fourth-order valence-corrected chi connectivity index (χ4v) is 4.42. The van der Waals surface area contributed by atoms with Gasteiger partial charge in [0.1, 0.15) is 5.75 Å². The second kappa shape index (κ2) is 11.2. The maximum Gasteiger partial charge on any atom is 0.426 e. The molecule has 0 atom stereocenters. The van der Waals surface area contributed by atoms with Crippen molar-refractivity contribution in [1.29, 1.82) is 0 Å². The van der Waals surface area contributed by atoms with E-state index in [0.717, 1.165) is 37.2 Å². The summed E-state index contributed by atoms with van der Waals surface area (Å²) in [5.41, 5.74) is 0.500. The van der Waals surface area contributed by atoms with Crippen LogP contribution in [0.3, 0.4) is 0 Å². The molecular weight excluding hydrogens is 446 g/mol. The van der Waals surface area contributed by atoms with E-state index in [-0.39, 0.29) is 0 Å². The van der Waals surface area contributed by atoms with E-state index in [2.05, 4.69) is 16.4 Å². The Bertz CT molecular complexity index is 869. The summed E-state index contributed by atoms with van der Waals surface area (Å²) in [5.74, 6) is -4.28. The molecule has 3 rings (SSSR count). The van der Waals surface area contributed by atoms with Crippen molar-refractivity contribution in [2.45, 2.75) is 76.9 Å². The predicted octanol–water partition coefficient (Wildman–Crippen LogP) is 8.55. The van der Waals surface area contributed by atoms with Crippen LogP contribution in [-0.2, 0) is 6.11 Å². The number of alkyl halides is 4. The van der Waals surface area contributed by atoms with Crippen molar-refractivity contribution in [3.8, 4) is 11.5 Å². The molecule has 182 valence electrons. The first-order valence-electron chi connectivity index (χ1n) is 11.3. The highest BCUT2D eigenvalue weighted by atomic mass is 19.3. The van der Waals surface area contributed by atoms with Gasteiger partial charge in [-0.2, -0.15) is 17.6 Å². The van der Waals surface area contributed by atoms with Crippen molar-refractivity contribution >= 4 is 0 Å². The highest BCUT2D eigenvalue weighted by molar-refractivity contribution is 5.36. The summed E-state index contributed by atoms with van der Waals surface area (Å²) in [6, 6.07) is 6.50. The minimum atomic E-state index is -3.88. The molecule has 2 nitrogen and oxygen atoms in total. The Morgan fingerprint density at radius 1 is 0.939 bits per heavy atom. The zero-order chi connectivity index (χ0) is 24.0. The van der Waals surface area contributed by atoms with Gasteiger partial charge < -0.3 is 9.47 Å². The molecule has 0 saturated heterocycles. The van der Waals surface area contributed by atoms with E-state index >= 15 is 0 Å². The van der Waals surface area contributed by atoms with E-state index in [1.807, 2.05) is 0 Å². The van der Waals surface area contributed by atoms with Crippen LogP contribution in [0.1, 0.15) is 75.3 Å². The van der Waals surface area contributed by atoms with Gasteiger partial charge in [0.25, 0.3) is 0 Å². The summed E-state index contributed by atoms with van der Waals surface area (Å²) in [6.07, 6.45) is 5.41. The summed E-state index contributed by atoms with van der Waals surface area (Å²) in [4.78, 5) is 0. The second-order valence-corrected chi connectivity index (χ2v) is 8.55. The van der Waals surface area contributed by atoms with Gasteiger partial charge in [-0.3, -0.25) is 0 Å². The molecule has 0 aliphatic heterocycles. The lowest BCUT2D eigenvalue weighted by molar-refractivity contribution is -0.185. The highest BCUT2D eigenvalue weighted by Crippen LogP contribution is 2.39. The van der Waals surface area contributed by atoms with Crippen LogP contribution in [0.4, 0.5) is 26.3 Å². The molecule has 33 heavy (non-hydrogen) atoms. The van der Waals surface area contributed by atoms with Crippen molar-refractivity contribution in [2.24, 2.45) is 5.92 Å². The van der Waals surface area contributed by atoms with Gasteiger partial charge in [-0.25, -0.2) is 8.78 Å². The summed E-state index contributed by atoms with van der Waals surface area (Å²) in [5, 5.41) is 0. The Balaban J connectivity index is 1.62. The SMILES string of the molecule is CCCCC[C@H]1CC[C@H](c2ccc(C(F)(F)Oc3cc(F)c(OC(F)F)c(F)c3)cc2)CC1. The molecule has 0 bridgehead atoms. The largest absolute Gasteiger partial charge is 0.429 e. The molecule has 1 aliphatic carbocycles. The standard InChI is InChI=1S/C25H28F6O2/c1-2-3-4-5-16-6-8-17(9-7-16)18-10-12-19(13-11-18)25(30,31)33-20-14-21(26)23(22(27)15-20)32-24(28)29/h10-17,24H,2-9H2,1H3/t16-,17-. The normalized spacial score (nSPS) is 19.0. The van der Waals surface area contributed by atoms with E-state index in [1.165, 1.54) is 37.8 Å². The van der Waals surface area contributed by atoms with Crippen LogP contribution in [0.15, 0.2) is 36.4 Å². The Hall–Kier alpha value is -2.38. The third kappa shape index (κ3) is 6.81. The molecule has 2 aromatic rings. The van der Waals surface area contributed by atoms with Crippen molar-refractivity contribution in [2.75, 3.05) is 0 Å². The molecular formula is C25H28F6O2. The zero-order valence-corrected chi connectivity index (χ0v) is 18.4. The first kappa shape index (κ1) is 25.2. The maximum atomic E-state index is 14.6. The van der Waals surface area contributed by atoms with Crippen LogP contribution in [0.25, 0.3) is 0 Å². The number of unbranched alkanes of at least 4 members (excludes halogenated alkanes) is 2. The fraction of sp³-hybridized carbons (Fsp3) is 0.520. The van der Waals surface area contributed by atoms with Crippen LogP contribution in [0.2, 0.25) is 0 Å². The number of hydrogen-bond acceptors (Lipinski definition) is 2. The topological polar surface area (TPSA) is 18.5 Å². The molecule has 2 aromatic carbocycles. The molecule has 0 heterocycles. The smallest absolute Gasteiger partial charge is 0.426 e. The maximum absolute atomic E-state index is 14.6. The monoisotopic (exact) mass is 474 g/mol. The van der Waals surface area contributed by atoms with Crippen molar-refractivity contribution in [3.05, 3.63) is 59.2 Å². The van der Waals surface area contributed by atoms with E-state index < -0.39 is 41.4 Å². The first-order valence-corrected chi connectivity index (χ1v) is 11.3. The van der Waals surface area contributed by atoms with Crippen molar-refractivity contribution < 1.29 is 35.8 Å². The fourth-order valence-electron chi connectivity index (χ4n) is 4.42. The second-order valence-electron chi connectivity index (χ2n) is 8.55. The van der Waals surface area contributed by atoms with Gasteiger partial charge in [-0.15, -0.1) is 0 Å². The molecule has 1 aliphatic rings. The molecule has 8 heteroatoms. The van der Waals surface area contributed by atoms with Gasteiger partial charge in [-0.1, -0.05) is 44.7 Å². The van der Waals surface area contributed by atoms with Crippen molar-refractivity contribution in [3.63, 3.8) is 0 Å². The summed E-state index contributed by atoms with van der Waals surface area (Å²) >= 11 is 0. The van der Waals surface area contributed by atoms with Gasteiger partial charge in [0, 0.05) is 12.1 Å². The number of ether oxygens (including phenoxy) is 2. The average molecular weight is 474 g/mol. The van der Waals surface area contributed by atoms with Crippen molar-refractivity contribution in [1.82, 2.24) is 0 Å².